The second-order valence-electron chi connectivity index (χ2n) is 6.35. The first-order valence-corrected chi connectivity index (χ1v) is 5.64. The van der Waals surface area contributed by atoms with Crippen LogP contribution in [0.1, 0.15) is 40.5 Å². The van der Waals surface area contributed by atoms with Crippen LogP contribution in [0.4, 0.5) is 4.79 Å². The number of carbonyl (C=O) groups excluding carboxylic acids is 2. The summed E-state index contributed by atoms with van der Waals surface area (Å²) in [4.78, 5) is 22.6. The molecule has 90 valence electrons. The molecule has 4 nitrogen and oxygen atoms in total. The van der Waals surface area contributed by atoms with Crippen molar-refractivity contribution in [2.24, 2.45) is 22.5 Å². The Labute approximate surface area is 95.5 Å². The molecule has 3 aliphatic rings. The number of Topliss-reactive ketones (excluding diaryl/α,β-unsaturated/α-hetero) is 1. The van der Waals surface area contributed by atoms with E-state index < -0.39 is 11.7 Å². The smallest absolute Gasteiger partial charge is 0.405 e. The molecule has 16 heavy (non-hydrogen) atoms. The minimum atomic E-state index is -0.730. The van der Waals surface area contributed by atoms with Crippen molar-refractivity contribution in [3.63, 3.8) is 0 Å². The second-order valence-corrected chi connectivity index (χ2v) is 6.35. The van der Waals surface area contributed by atoms with Crippen molar-refractivity contribution in [1.29, 1.82) is 0 Å². The van der Waals surface area contributed by atoms with E-state index in [0.29, 0.717) is 12.8 Å². The number of ether oxygens (including phenoxy) is 1. The molecule has 0 saturated heterocycles. The van der Waals surface area contributed by atoms with Crippen molar-refractivity contribution in [2.75, 3.05) is 0 Å². The van der Waals surface area contributed by atoms with Gasteiger partial charge in [-0.1, -0.05) is 20.8 Å². The van der Waals surface area contributed by atoms with Gasteiger partial charge in [-0.25, -0.2) is 4.79 Å². The van der Waals surface area contributed by atoms with Gasteiger partial charge in [-0.15, -0.1) is 0 Å². The van der Waals surface area contributed by atoms with Crippen LogP contribution < -0.4 is 5.73 Å². The number of nitrogens with two attached hydrogens (primary N) is 1. The van der Waals surface area contributed by atoms with E-state index in [9.17, 15) is 9.59 Å². The summed E-state index contributed by atoms with van der Waals surface area (Å²) in [5.74, 6) is 0.319. The second kappa shape index (κ2) is 2.79. The van der Waals surface area contributed by atoms with Crippen molar-refractivity contribution in [1.82, 2.24) is 0 Å². The molecule has 0 aromatic rings. The van der Waals surface area contributed by atoms with E-state index in [2.05, 4.69) is 20.8 Å². The Morgan fingerprint density at radius 2 is 1.81 bits per heavy atom. The lowest BCUT2D eigenvalue weighted by atomic mass is 9.29. The monoisotopic (exact) mass is 225 g/mol. The number of rotatable bonds is 2. The highest BCUT2D eigenvalue weighted by Crippen LogP contribution is 2.77. The topological polar surface area (TPSA) is 69.4 Å². The molecule has 0 aliphatic heterocycles. The quantitative estimate of drug-likeness (QED) is 0.779. The molecule has 1 atom stereocenters. The van der Waals surface area contributed by atoms with E-state index in [1.807, 2.05) is 0 Å². The van der Waals surface area contributed by atoms with Gasteiger partial charge in [0.05, 0.1) is 0 Å². The van der Waals surface area contributed by atoms with E-state index in [4.69, 9.17) is 10.5 Å². The summed E-state index contributed by atoms with van der Waals surface area (Å²) in [5.41, 5.74) is 4.33. The Kier molecular flexibility index (Phi) is 1.99. The Balaban J connectivity index is 2.25. The zero-order valence-corrected chi connectivity index (χ0v) is 10.3. The van der Waals surface area contributed by atoms with E-state index in [1.54, 1.807) is 6.92 Å². The highest BCUT2D eigenvalue weighted by molar-refractivity contribution is 5.88. The minimum Gasteiger partial charge on any atom is -0.443 e. The molecule has 1 unspecified atom stereocenters. The maximum atomic E-state index is 11.7. The molecule has 2 N–H and O–H groups in total. The Bertz CT molecular complexity index is 361. The molecule has 0 radical (unpaired) electrons. The van der Waals surface area contributed by atoms with Gasteiger partial charge in [-0.05, 0) is 12.3 Å². The normalized spacial score (nSPS) is 40.6. The summed E-state index contributed by atoms with van der Waals surface area (Å²) < 4.78 is 5.24. The molecule has 3 rings (SSSR count). The first-order chi connectivity index (χ1) is 7.14. The Morgan fingerprint density at radius 1 is 1.31 bits per heavy atom. The number of primary amides is 1. The van der Waals surface area contributed by atoms with Gasteiger partial charge in [-0.2, -0.15) is 0 Å². The maximum Gasteiger partial charge on any atom is 0.405 e. The molecule has 3 aliphatic carbocycles. The third-order valence-electron chi connectivity index (χ3n) is 4.18. The molecule has 2 bridgehead atoms. The van der Waals surface area contributed by atoms with Gasteiger partial charge in [0.25, 0.3) is 0 Å². The molecular formula is C12H19NO3. The van der Waals surface area contributed by atoms with Crippen LogP contribution in [0.25, 0.3) is 0 Å². The lowest BCUT2D eigenvalue weighted by Gasteiger charge is -2.76. The maximum absolute atomic E-state index is 11.7. The van der Waals surface area contributed by atoms with Crippen molar-refractivity contribution in [2.45, 2.75) is 46.1 Å². The number of hydrogen-bond donors (Lipinski definition) is 1. The summed E-state index contributed by atoms with van der Waals surface area (Å²) in [6, 6.07) is 0. The average Bonchev–Trinajstić information content (AvgIpc) is 1.89. The predicted molar refractivity (Wildman–Crippen MR) is 58.7 cm³/mol. The fourth-order valence-electron chi connectivity index (χ4n) is 4.07. The molecule has 0 spiro atoms. The molecule has 4 heteroatoms. The van der Waals surface area contributed by atoms with Gasteiger partial charge in [0, 0.05) is 24.2 Å². The van der Waals surface area contributed by atoms with Crippen LogP contribution in [-0.2, 0) is 9.53 Å². The van der Waals surface area contributed by atoms with E-state index in [-0.39, 0.29) is 22.5 Å². The lowest BCUT2D eigenvalue weighted by molar-refractivity contribution is -0.326. The third kappa shape index (κ3) is 1.16. The summed E-state index contributed by atoms with van der Waals surface area (Å²) in [7, 11) is 0. The fourth-order valence-corrected chi connectivity index (χ4v) is 4.07. The van der Waals surface area contributed by atoms with Gasteiger partial charge < -0.3 is 10.5 Å². The number of carbonyl (C=O) groups is 2. The van der Waals surface area contributed by atoms with E-state index in [0.717, 1.165) is 0 Å². The van der Waals surface area contributed by atoms with Crippen molar-refractivity contribution < 1.29 is 14.3 Å². The Morgan fingerprint density at radius 3 is 2.12 bits per heavy atom. The van der Waals surface area contributed by atoms with Crippen molar-refractivity contribution in [3.8, 4) is 0 Å². The van der Waals surface area contributed by atoms with Gasteiger partial charge in [0.15, 0.2) is 0 Å². The van der Waals surface area contributed by atoms with Gasteiger partial charge in [0.1, 0.15) is 11.4 Å². The van der Waals surface area contributed by atoms with E-state index >= 15 is 0 Å². The number of hydrogen-bond acceptors (Lipinski definition) is 3. The third-order valence-corrected chi connectivity index (χ3v) is 4.18. The van der Waals surface area contributed by atoms with Crippen LogP contribution in [0.5, 0.6) is 0 Å². The zero-order valence-electron chi connectivity index (χ0n) is 10.3. The highest BCUT2D eigenvalue weighted by atomic mass is 16.6. The average molecular weight is 225 g/mol. The molecule has 0 heterocycles. The fraction of sp³-hybridized carbons (Fsp3) is 0.833. The molecule has 1 amide bonds. The molecular weight excluding hydrogens is 206 g/mol. The SMILES string of the molecule is CC(=O)C12CC(OC(N)=O)(C1)C2C(C)(C)C. The van der Waals surface area contributed by atoms with Crippen molar-refractivity contribution >= 4 is 11.9 Å². The minimum absolute atomic E-state index is 0.0440. The number of amides is 1. The zero-order chi connectivity index (χ0) is 12.4. The van der Waals surface area contributed by atoms with Crippen LogP contribution >= 0.6 is 0 Å². The molecule has 3 saturated carbocycles. The first kappa shape index (κ1) is 11.4. The standard InChI is InChI=1S/C12H19NO3/c1-7(14)11-5-12(6-11,16-9(13)15)8(11)10(2,3)4/h8H,5-6H2,1-4H3,(H2,13,15). The predicted octanol–water partition coefficient (Wildman–Crippen LogP) is 1.87. The summed E-state index contributed by atoms with van der Waals surface area (Å²) in [5, 5.41) is 0. The summed E-state index contributed by atoms with van der Waals surface area (Å²) >= 11 is 0. The Hall–Kier alpha value is -1.06. The largest absolute Gasteiger partial charge is 0.443 e. The van der Waals surface area contributed by atoms with Crippen LogP contribution in [0.15, 0.2) is 0 Å². The summed E-state index contributed by atoms with van der Waals surface area (Å²) in [6.07, 6.45) is 0.576. The van der Waals surface area contributed by atoms with Crippen LogP contribution in [0.3, 0.4) is 0 Å². The van der Waals surface area contributed by atoms with Crippen molar-refractivity contribution in [3.05, 3.63) is 0 Å². The van der Waals surface area contributed by atoms with Crippen LogP contribution in [-0.4, -0.2) is 17.5 Å². The molecule has 0 aromatic carbocycles. The van der Waals surface area contributed by atoms with Crippen LogP contribution in [0, 0.1) is 16.7 Å². The van der Waals surface area contributed by atoms with Gasteiger partial charge in [0.2, 0.25) is 0 Å². The molecule has 0 aromatic heterocycles. The lowest BCUT2D eigenvalue weighted by Crippen LogP contribution is -2.81. The molecule has 3 fully saturated rings. The van der Waals surface area contributed by atoms with Crippen LogP contribution in [0.2, 0.25) is 0 Å². The summed E-state index contributed by atoms with van der Waals surface area (Å²) in [6.45, 7) is 7.86. The van der Waals surface area contributed by atoms with Gasteiger partial charge >= 0.3 is 6.09 Å². The van der Waals surface area contributed by atoms with Gasteiger partial charge in [-0.3, -0.25) is 4.79 Å². The van der Waals surface area contributed by atoms with E-state index in [1.165, 1.54) is 0 Å². The highest BCUT2D eigenvalue weighted by Gasteiger charge is 2.82. The first-order valence-electron chi connectivity index (χ1n) is 5.64. The number of ketones is 1.